The van der Waals surface area contributed by atoms with Gasteiger partial charge in [0.25, 0.3) is 0 Å². The third kappa shape index (κ3) is 5.62. The van der Waals surface area contributed by atoms with Gasteiger partial charge in [0.15, 0.2) is 0 Å². The summed E-state index contributed by atoms with van der Waals surface area (Å²) in [6, 6.07) is 8.09. The van der Waals surface area contributed by atoms with Gasteiger partial charge in [0, 0.05) is 5.56 Å². The summed E-state index contributed by atoms with van der Waals surface area (Å²) in [7, 11) is 0. The molecule has 6 nitrogen and oxygen atoms in total. The van der Waals surface area contributed by atoms with Gasteiger partial charge in [0.2, 0.25) is 5.89 Å². The lowest BCUT2D eigenvalue weighted by Gasteiger charge is -2.29. The molecule has 1 heterocycles. The van der Waals surface area contributed by atoms with Gasteiger partial charge in [-0.15, -0.1) is 0 Å². The second-order valence-corrected chi connectivity index (χ2v) is 7.28. The summed E-state index contributed by atoms with van der Waals surface area (Å²) < 4.78 is 17.6. The molecule has 1 aliphatic rings. The van der Waals surface area contributed by atoms with E-state index in [1.807, 2.05) is 32.0 Å². The number of ether oxygens (including phenoxy) is 2. The third-order valence-electron chi connectivity index (χ3n) is 4.93. The molecule has 1 aromatic heterocycles. The van der Waals surface area contributed by atoms with Crippen molar-refractivity contribution in [3.63, 3.8) is 0 Å². The third-order valence-corrected chi connectivity index (χ3v) is 4.93. The van der Waals surface area contributed by atoms with Crippen LogP contribution < -0.4 is 0 Å². The molecule has 0 amide bonds. The molecule has 6 heteroatoms. The molecule has 0 saturated heterocycles. The van der Waals surface area contributed by atoms with Gasteiger partial charge >= 0.3 is 0 Å². The number of aryl methyl sites for hydroxylation is 2. The maximum Gasteiger partial charge on any atom is 0.226 e. The molecule has 148 valence electrons. The fourth-order valence-electron chi connectivity index (χ4n) is 3.37. The van der Waals surface area contributed by atoms with Crippen LogP contribution in [0.3, 0.4) is 0 Å². The van der Waals surface area contributed by atoms with Crippen molar-refractivity contribution in [2.45, 2.75) is 64.4 Å². The van der Waals surface area contributed by atoms with Gasteiger partial charge in [-0.05, 0) is 51.7 Å². The van der Waals surface area contributed by atoms with Crippen molar-refractivity contribution in [2.24, 2.45) is 0 Å². The highest BCUT2D eigenvalue weighted by molar-refractivity contribution is 5.54. The Morgan fingerprint density at radius 3 is 2.74 bits per heavy atom. The molecule has 27 heavy (non-hydrogen) atoms. The van der Waals surface area contributed by atoms with Crippen LogP contribution in [0.25, 0.3) is 11.5 Å². The first-order chi connectivity index (χ1) is 13.0. The molecule has 3 unspecified atom stereocenters. The SMILES string of the molecule is Cc1cccc(-c2nc(COC3CCCC(OCC(O)CO)C3)c(C)o2)c1. The van der Waals surface area contributed by atoms with Gasteiger partial charge in [-0.2, -0.15) is 0 Å². The van der Waals surface area contributed by atoms with Gasteiger partial charge in [-0.25, -0.2) is 4.98 Å². The lowest BCUT2D eigenvalue weighted by molar-refractivity contribution is -0.0764. The van der Waals surface area contributed by atoms with Crippen molar-refractivity contribution < 1.29 is 24.1 Å². The average molecular weight is 375 g/mol. The monoisotopic (exact) mass is 375 g/mol. The summed E-state index contributed by atoms with van der Waals surface area (Å²) in [4.78, 5) is 4.61. The van der Waals surface area contributed by atoms with E-state index in [0.717, 1.165) is 42.7 Å². The summed E-state index contributed by atoms with van der Waals surface area (Å²) in [6.45, 7) is 4.26. The number of aliphatic hydroxyl groups excluding tert-OH is 2. The highest BCUT2D eigenvalue weighted by Gasteiger charge is 2.24. The fourth-order valence-corrected chi connectivity index (χ4v) is 3.37. The van der Waals surface area contributed by atoms with Crippen molar-refractivity contribution in [3.05, 3.63) is 41.3 Å². The van der Waals surface area contributed by atoms with Gasteiger partial charge in [0.1, 0.15) is 17.6 Å². The van der Waals surface area contributed by atoms with Crippen LogP contribution in [0.4, 0.5) is 0 Å². The Balaban J connectivity index is 1.54. The maximum atomic E-state index is 9.43. The first-order valence-electron chi connectivity index (χ1n) is 9.60. The average Bonchev–Trinajstić information content (AvgIpc) is 3.05. The van der Waals surface area contributed by atoms with Crippen molar-refractivity contribution in [1.82, 2.24) is 4.98 Å². The smallest absolute Gasteiger partial charge is 0.226 e. The largest absolute Gasteiger partial charge is 0.441 e. The highest BCUT2D eigenvalue weighted by atomic mass is 16.5. The van der Waals surface area contributed by atoms with Crippen LogP contribution in [0.5, 0.6) is 0 Å². The number of benzene rings is 1. The zero-order valence-electron chi connectivity index (χ0n) is 16.1. The normalized spacial score (nSPS) is 21.3. The van der Waals surface area contributed by atoms with Crippen LogP contribution in [0.2, 0.25) is 0 Å². The summed E-state index contributed by atoms with van der Waals surface area (Å²) in [5.74, 6) is 1.40. The predicted molar refractivity (Wildman–Crippen MR) is 101 cm³/mol. The van der Waals surface area contributed by atoms with E-state index in [1.54, 1.807) is 0 Å². The Labute approximate surface area is 160 Å². The molecule has 1 saturated carbocycles. The number of aromatic nitrogens is 1. The molecule has 0 spiro atoms. The van der Waals surface area contributed by atoms with E-state index in [4.69, 9.17) is 19.0 Å². The second kappa shape index (κ2) is 9.46. The minimum Gasteiger partial charge on any atom is -0.441 e. The molecule has 2 N–H and O–H groups in total. The van der Waals surface area contributed by atoms with E-state index in [1.165, 1.54) is 5.56 Å². The Morgan fingerprint density at radius 1 is 1.22 bits per heavy atom. The number of hydrogen-bond donors (Lipinski definition) is 2. The van der Waals surface area contributed by atoms with Crippen molar-refractivity contribution in [1.29, 1.82) is 0 Å². The van der Waals surface area contributed by atoms with Crippen LogP contribution in [-0.4, -0.2) is 46.7 Å². The zero-order chi connectivity index (χ0) is 19.2. The molecule has 0 bridgehead atoms. The lowest BCUT2D eigenvalue weighted by Crippen LogP contribution is -2.31. The van der Waals surface area contributed by atoms with Gasteiger partial charge < -0.3 is 24.1 Å². The Kier molecular flexibility index (Phi) is 7.01. The zero-order valence-corrected chi connectivity index (χ0v) is 16.1. The molecule has 3 rings (SSSR count). The highest BCUT2D eigenvalue weighted by Crippen LogP contribution is 2.27. The van der Waals surface area contributed by atoms with Gasteiger partial charge in [-0.3, -0.25) is 0 Å². The predicted octanol–water partition coefficient (Wildman–Crippen LogP) is 3.16. The quantitative estimate of drug-likeness (QED) is 0.737. The number of oxazole rings is 1. The van der Waals surface area contributed by atoms with Crippen molar-refractivity contribution in [2.75, 3.05) is 13.2 Å². The Bertz CT molecular complexity index is 729. The van der Waals surface area contributed by atoms with Crippen LogP contribution in [0.1, 0.15) is 42.7 Å². The van der Waals surface area contributed by atoms with E-state index < -0.39 is 6.10 Å². The number of rotatable bonds is 8. The Hall–Kier alpha value is -1.73. The first-order valence-corrected chi connectivity index (χ1v) is 9.60. The Morgan fingerprint density at radius 2 is 2.00 bits per heavy atom. The fraction of sp³-hybridized carbons (Fsp3) is 0.571. The first kappa shape index (κ1) is 20.0. The lowest BCUT2D eigenvalue weighted by atomic mass is 9.95. The summed E-state index contributed by atoms with van der Waals surface area (Å²) in [6.07, 6.45) is 3.11. The number of aliphatic hydroxyl groups is 2. The van der Waals surface area contributed by atoms with E-state index >= 15 is 0 Å². The molecule has 0 aliphatic heterocycles. The minimum absolute atomic E-state index is 0.0613. The number of nitrogens with zero attached hydrogens (tertiary/aromatic N) is 1. The van der Waals surface area contributed by atoms with E-state index in [-0.39, 0.29) is 25.4 Å². The molecule has 1 fully saturated rings. The van der Waals surface area contributed by atoms with Gasteiger partial charge in [0.05, 0.1) is 32.0 Å². The van der Waals surface area contributed by atoms with Crippen LogP contribution in [0.15, 0.2) is 28.7 Å². The van der Waals surface area contributed by atoms with E-state index in [0.29, 0.717) is 12.5 Å². The van der Waals surface area contributed by atoms with Crippen molar-refractivity contribution in [3.8, 4) is 11.5 Å². The maximum absolute atomic E-state index is 9.43. The summed E-state index contributed by atoms with van der Waals surface area (Å²) in [5, 5.41) is 18.3. The molecule has 2 aromatic rings. The van der Waals surface area contributed by atoms with Crippen LogP contribution >= 0.6 is 0 Å². The molecule has 3 atom stereocenters. The molecule has 0 radical (unpaired) electrons. The molecule has 1 aromatic carbocycles. The van der Waals surface area contributed by atoms with Crippen LogP contribution in [-0.2, 0) is 16.1 Å². The topological polar surface area (TPSA) is 85.0 Å². The number of hydrogen-bond acceptors (Lipinski definition) is 6. The van der Waals surface area contributed by atoms with E-state index in [2.05, 4.69) is 11.1 Å². The summed E-state index contributed by atoms with van der Waals surface area (Å²) >= 11 is 0. The molecular formula is C21H29NO5. The van der Waals surface area contributed by atoms with Crippen molar-refractivity contribution >= 4 is 0 Å². The van der Waals surface area contributed by atoms with Gasteiger partial charge in [-0.1, -0.05) is 17.7 Å². The summed E-state index contributed by atoms with van der Waals surface area (Å²) in [5.41, 5.74) is 2.96. The van der Waals surface area contributed by atoms with Crippen LogP contribution in [0, 0.1) is 13.8 Å². The van der Waals surface area contributed by atoms with E-state index in [9.17, 15) is 5.11 Å². The second-order valence-electron chi connectivity index (χ2n) is 7.28. The molecular weight excluding hydrogens is 346 g/mol. The minimum atomic E-state index is -0.816. The molecule has 1 aliphatic carbocycles. The standard InChI is InChI=1S/C21H29NO5/c1-14-5-3-6-16(9-14)21-22-20(15(2)27-21)13-26-19-8-4-7-18(10-19)25-12-17(24)11-23/h3,5-6,9,17-19,23-24H,4,7-8,10-13H2,1-2H3.